The van der Waals surface area contributed by atoms with Crippen LogP contribution in [0.1, 0.15) is 10.4 Å². The summed E-state index contributed by atoms with van der Waals surface area (Å²) < 4.78 is 14.4. The van der Waals surface area contributed by atoms with Crippen LogP contribution in [0, 0.1) is 5.82 Å². The Morgan fingerprint density at radius 2 is 1.67 bits per heavy atom. The summed E-state index contributed by atoms with van der Waals surface area (Å²) in [4.78, 5) is 12.0. The molecule has 0 bridgehead atoms. The van der Waals surface area contributed by atoms with E-state index >= 15 is 0 Å². The van der Waals surface area contributed by atoms with Crippen LogP contribution in [0.4, 0.5) is 21.5 Å². The third kappa shape index (κ3) is 1.76. The van der Waals surface area contributed by atoms with Crippen molar-refractivity contribution in [3.8, 4) is 0 Å². The molecule has 3 rings (SSSR count). The van der Waals surface area contributed by atoms with Crippen molar-refractivity contribution >= 4 is 38.9 Å². The van der Waals surface area contributed by atoms with Gasteiger partial charge in [0.05, 0.1) is 22.6 Å². The Morgan fingerprint density at radius 3 is 2.39 bits per heavy atom. The molecule has 2 N–H and O–H groups in total. The third-order valence-electron chi connectivity index (χ3n) is 2.73. The number of carbonyl (C=O) groups excluding carboxylic acids is 1. The second kappa shape index (κ2) is 4.10. The minimum atomic E-state index is -0.558. The fraction of sp³-hybridized carbons (Fsp3) is 0. The zero-order valence-electron chi connectivity index (χ0n) is 9.13. The average molecular weight is 307 g/mol. The molecule has 0 saturated heterocycles. The van der Waals surface area contributed by atoms with E-state index in [0.717, 1.165) is 5.69 Å². The van der Waals surface area contributed by atoms with Crippen molar-refractivity contribution < 1.29 is 9.18 Å². The number of anilines is 3. The van der Waals surface area contributed by atoms with Crippen molar-refractivity contribution in [2.75, 3.05) is 10.6 Å². The predicted molar refractivity (Wildman–Crippen MR) is 71.8 cm³/mol. The monoisotopic (exact) mass is 306 g/mol. The largest absolute Gasteiger partial charge is 0.353 e. The maximum atomic E-state index is 13.9. The summed E-state index contributed by atoms with van der Waals surface area (Å²) in [5, 5.41) is 5.74. The lowest BCUT2D eigenvalue weighted by molar-refractivity contribution is 0.102. The van der Waals surface area contributed by atoms with Gasteiger partial charge in [-0.2, -0.15) is 0 Å². The smallest absolute Gasteiger partial charge is 0.260 e. The van der Waals surface area contributed by atoms with Crippen LogP contribution in [0.2, 0.25) is 0 Å². The highest BCUT2D eigenvalue weighted by atomic mass is 79.9. The number of para-hydroxylation sites is 2. The highest BCUT2D eigenvalue weighted by Crippen LogP contribution is 2.34. The molecule has 0 aromatic heterocycles. The molecule has 18 heavy (non-hydrogen) atoms. The maximum Gasteiger partial charge on any atom is 0.260 e. The summed E-state index contributed by atoms with van der Waals surface area (Å²) in [6.45, 7) is 0. The summed E-state index contributed by atoms with van der Waals surface area (Å²) in [6.07, 6.45) is 0. The lowest BCUT2D eigenvalue weighted by Gasteiger charge is -2.08. The van der Waals surface area contributed by atoms with Gasteiger partial charge in [-0.25, -0.2) is 4.39 Å². The lowest BCUT2D eigenvalue weighted by atomic mass is 10.1. The molecule has 0 atom stereocenters. The van der Waals surface area contributed by atoms with Crippen LogP contribution in [0.25, 0.3) is 0 Å². The molecule has 2 aromatic rings. The van der Waals surface area contributed by atoms with Crippen LogP contribution >= 0.6 is 15.9 Å². The molecule has 0 radical (unpaired) electrons. The number of halogens is 2. The number of hydrogen-bond donors (Lipinski definition) is 2. The first-order valence-electron chi connectivity index (χ1n) is 5.31. The summed E-state index contributed by atoms with van der Waals surface area (Å²) in [6, 6.07) is 10.2. The first-order chi connectivity index (χ1) is 8.65. The topological polar surface area (TPSA) is 41.1 Å². The number of carbonyl (C=O) groups is 1. The predicted octanol–water partition coefficient (Wildman–Crippen LogP) is 3.90. The molecule has 0 unspecified atom stereocenters. The lowest BCUT2D eigenvalue weighted by Crippen LogP contribution is -2.12. The van der Waals surface area contributed by atoms with Crippen molar-refractivity contribution in [3.05, 3.63) is 52.3 Å². The summed E-state index contributed by atoms with van der Waals surface area (Å²) in [5.74, 6) is -1.01. The molecule has 0 saturated carbocycles. The molecule has 5 heteroatoms. The van der Waals surface area contributed by atoms with Gasteiger partial charge in [-0.15, -0.1) is 0 Å². The van der Waals surface area contributed by atoms with E-state index in [0.29, 0.717) is 15.8 Å². The minimum Gasteiger partial charge on any atom is -0.353 e. The summed E-state index contributed by atoms with van der Waals surface area (Å²) in [5.41, 5.74) is 1.84. The van der Waals surface area contributed by atoms with Crippen molar-refractivity contribution in [1.29, 1.82) is 0 Å². The van der Waals surface area contributed by atoms with E-state index in [9.17, 15) is 9.18 Å². The number of benzene rings is 2. The van der Waals surface area contributed by atoms with Gasteiger partial charge in [-0.3, -0.25) is 4.79 Å². The average Bonchev–Trinajstić information content (AvgIpc) is 2.43. The molecule has 1 heterocycles. The Morgan fingerprint density at radius 1 is 1.00 bits per heavy atom. The quantitative estimate of drug-likeness (QED) is 0.775. The molecule has 0 fully saturated rings. The van der Waals surface area contributed by atoms with Crippen LogP contribution in [-0.4, -0.2) is 5.91 Å². The van der Waals surface area contributed by atoms with Crippen molar-refractivity contribution in [2.24, 2.45) is 0 Å². The maximum absolute atomic E-state index is 13.9. The number of nitrogens with one attached hydrogen (secondary N) is 2. The number of fused-ring (bicyclic) bond motifs is 2. The first kappa shape index (κ1) is 11.2. The molecule has 90 valence electrons. The highest BCUT2D eigenvalue weighted by molar-refractivity contribution is 9.10. The molecule has 2 aromatic carbocycles. The first-order valence-corrected chi connectivity index (χ1v) is 6.11. The van der Waals surface area contributed by atoms with Gasteiger partial charge in [0.2, 0.25) is 0 Å². The van der Waals surface area contributed by atoms with Gasteiger partial charge in [-0.1, -0.05) is 28.1 Å². The Hall–Kier alpha value is -1.88. The number of amides is 1. The van der Waals surface area contributed by atoms with E-state index < -0.39 is 11.7 Å². The van der Waals surface area contributed by atoms with E-state index in [2.05, 4.69) is 26.6 Å². The molecule has 0 spiro atoms. The van der Waals surface area contributed by atoms with Gasteiger partial charge in [-0.05, 0) is 24.3 Å². The fourth-order valence-electron chi connectivity index (χ4n) is 1.93. The molecular formula is C13H8BrFN2O. The molecule has 1 amide bonds. The Bertz CT molecular complexity index is 657. The van der Waals surface area contributed by atoms with Crippen molar-refractivity contribution in [2.45, 2.75) is 0 Å². The van der Waals surface area contributed by atoms with E-state index in [1.54, 1.807) is 12.1 Å². The summed E-state index contributed by atoms with van der Waals surface area (Å²) >= 11 is 3.21. The van der Waals surface area contributed by atoms with Crippen molar-refractivity contribution in [3.63, 3.8) is 0 Å². The van der Waals surface area contributed by atoms with E-state index in [1.165, 1.54) is 6.07 Å². The van der Waals surface area contributed by atoms with Crippen LogP contribution in [0.15, 0.2) is 40.9 Å². The fourth-order valence-corrected chi connectivity index (χ4v) is 2.36. The molecule has 0 aliphatic carbocycles. The van der Waals surface area contributed by atoms with Gasteiger partial charge in [0.15, 0.2) is 0 Å². The molecule has 1 aliphatic rings. The molecule has 1 aliphatic heterocycles. The molecule has 3 nitrogen and oxygen atoms in total. The van der Waals surface area contributed by atoms with Crippen LogP contribution in [0.3, 0.4) is 0 Å². The van der Waals surface area contributed by atoms with E-state index in [1.807, 2.05) is 18.2 Å². The molecular weight excluding hydrogens is 299 g/mol. The van der Waals surface area contributed by atoms with Crippen molar-refractivity contribution in [1.82, 2.24) is 0 Å². The Balaban J connectivity index is 2.23. The van der Waals surface area contributed by atoms with Crippen LogP contribution < -0.4 is 10.6 Å². The Kier molecular flexibility index (Phi) is 2.56. The van der Waals surface area contributed by atoms with Gasteiger partial charge in [0.1, 0.15) is 5.82 Å². The van der Waals surface area contributed by atoms with Gasteiger partial charge in [0.25, 0.3) is 5.91 Å². The SMILES string of the molecule is O=C1Nc2ccccc2Nc2cc(Br)cc(F)c21. The van der Waals surface area contributed by atoms with Crippen LogP contribution in [-0.2, 0) is 0 Å². The third-order valence-corrected chi connectivity index (χ3v) is 3.18. The normalized spacial score (nSPS) is 12.9. The minimum absolute atomic E-state index is 0.0226. The zero-order valence-corrected chi connectivity index (χ0v) is 10.7. The standard InChI is InChI=1S/C13H8BrFN2O/c14-7-5-8(15)12-11(6-7)16-9-3-1-2-4-10(9)17-13(12)18/h1-6,16H,(H,17,18). The zero-order chi connectivity index (χ0) is 12.7. The van der Waals surface area contributed by atoms with Gasteiger partial charge in [0, 0.05) is 4.47 Å². The second-order valence-corrected chi connectivity index (χ2v) is 4.85. The second-order valence-electron chi connectivity index (χ2n) is 3.93. The van der Waals surface area contributed by atoms with E-state index in [4.69, 9.17) is 0 Å². The van der Waals surface area contributed by atoms with Gasteiger partial charge < -0.3 is 10.6 Å². The van der Waals surface area contributed by atoms with E-state index in [-0.39, 0.29) is 5.56 Å². The van der Waals surface area contributed by atoms with Gasteiger partial charge >= 0.3 is 0 Å². The number of hydrogen-bond acceptors (Lipinski definition) is 2. The summed E-state index contributed by atoms with van der Waals surface area (Å²) in [7, 11) is 0. The number of rotatable bonds is 0. The highest BCUT2D eigenvalue weighted by Gasteiger charge is 2.22. The van der Waals surface area contributed by atoms with Crippen LogP contribution in [0.5, 0.6) is 0 Å². The Labute approximate surface area is 111 Å².